The Hall–Kier alpha value is -2.57. The van der Waals surface area contributed by atoms with Gasteiger partial charge in [0.15, 0.2) is 0 Å². The number of carbonyl (C=O) groups is 3. The smallest absolute Gasteiger partial charge is 0.341 e. The van der Waals surface area contributed by atoms with Gasteiger partial charge in [-0.15, -0.1) is 0 Å². The van der Waals surface area contributed by atoms with Crippen LogP contribution in [0.2, 0.25) is 0 Å². The fourth-order valence-corrected chi connectivity index (χ4v) is 5.28. The summed E-state index contributed by atoms with van der Waals surface area (Å²) < 4.78 is 14.7. The number of carbonyl (C=O) groups excluding carboxylic acids is 3. The highest BCUT2D eigenvalue weighted by atomic mass is 16.5. The van der Waals surface area contributed by atoms with E-state index in [9.17, 15) is 19.5 Å². The van der Waals surface area contributed by atoms with Crippen molar-refractivity contribution in [1.29, 1.82) is 0 Å². The summed E-state index contributed by atoms with van der Waals surface area (Å²) in [6.45, 7) is 12.7. The Morgan fingerprint density at radius 1 is 0.531 bits per heavy atom. The van der Waals surface area contributed by atoms with Gasteiger partial charge in [-0.1, -0.05) is 154 Å². The van der Waals surface area contributed by atoms with Crippen LogP contribution in [0.4, 0.5) is 0 Å². The van der Waals surface area contributed by atoms with Crippen LogP contribution in [0.15, 0.2) is 24.3 Å². The maximum Gasteiger partial charge on any atom is 0.341 e. The van der Waals surface area contributed by atoms with Crippen LogP contribution in [0.25, 0.3) is 0 Å². The van der Waals surface area contributed by atoms with Crippen molar-refractivity contribution in [3.63, 3.8) is 0 Å². The number of esters is 3. The van der Waals surface area contributed by atoms with Crippen LogP contribution < -0.4 is 0 Å². The Balaban J connectivity index is 0. The molecule has 0 unspecified atom stereocenters. The minimum atomic E-state index is -0.490. The van der Waals surface area contributed by atoms with E-state index < -0.39 is 5.97 Å². The van der Waals surface area contributed by atoms with Crippen molar-refractivity contribution in [1.82, 2.24) is 0 Å². The molecule has 0 atom stereocenters. The first-order chi connectivity index (χ1) is 23.7. The summed E-state index contributed by atoms with van der Waals surface area (Å²) >= 11 is 0. The summed E-state index contributed by atoms with van der Waals surface area (Å²) in [5.74, 6) is -0.606. The molecule has 0 saturated heterocycles. The Morgan fingerprint density at radius 2 is 0.898 bits per heavy atom. The molecule has 7 nitrogen and oxygen atoms in total. The van der Waals surface area contributed by atoms with Crippen LogP contribution >= 0.6 is 0 Å². The number of phenols is 1. The number of ether oxygens (including phenoxy) is 3. The number of rotatable bonds is 28. The Kier molecular flexibility index (Phi) is 37.9. The van der Waals surface area contributed by atoms with E-state index in [1.807, 2.05) is 20.8 Å². The van der Waals surface area contributed by atoms with Gasteiger partial charge in [0.2, 0.25) is 0 Å². The number of hydrogen-bond donors (Lipinski definition) is 1. The van der Waals surface area contributed by atoms with E-state index in [4.69, 9.17) is 14.2 Å². The lowest BCUT2D eigenvalue weighted by molar-refractivity contribution is -0.147. The lowest BCUT2D eigenvalue weighted by Gasteiger charge is -2.07. The standard InChI is InChI=1S/C19H38O2.C14H28O2.C9H10O3/c1-4-5-6-7-8-9-10-11-12-13-14-15-16-17-19(20)21-18(2)3;1-3-5-6-7-8-9-10-11-12-13-14(15)16-4-2;1-2-12-9(11)7-5-3-4-6-8(7)10/h18H,4-17H2,1-3H3;3-13H2,1-2H3;3-6,10H,2H2,1H3. The molecule has 0 heterocycles. The molecule has 0 aliphatic rings. The molecule has 0 bridgehead atoms. The SMILES string of the molecule is CCCCCCCCCCCC(=O)OCC.CCCCCCCCCCCCCCCC(=O)OC(C)C.CCOC(=O)c1ccccc1O. The zero-order chi connectivity index (χ0) is 36.8. The number of aromatic hydroxyl groups is 1. The molecule has 0 saturated carbocycles. The minimum absolute atomic E-state index is 0.0273. The van der Waals surface area contributed by atoms with Crippen LogP contribution in [0, 0.1) is 0 Å². The average molecular weight is 693 g/mol. The number of hydrogen-bond acceptors (Lipinski definition) is 7. The van der Waals surface area contributed by atoms with Gasteiger partial charge in [0.1, 0.15) is 11.3 Å². The third-order valence-corrected chi connectivity index (χ3v) is 8.04. The maximum absolute atomic E-state index is 11.3. The highest BCUT2D eigenvalue weighted by Gasteiger charge is 2.10. The summed E-state index contributed by atoms with van der Waals surface area (Å²) in [4.78, 5) is 33.4. The first kappa shape index (κ1) is 48.5. The van der Waals surface area contributed by atoms with Gasteiger partial charge in [-0.2, -0.15) is 0 Å². The number of unbranched alkanes of at least 4 members (excludes halogenated alkanes) is 20. The molecular weight excluding hydrogens is 616 g/mol. The number of para-hydroxylation sites is 1. The molecule has 0 aliphatic carbocycles. The third-order valence-electron chi connectivity index (χ3n) is 8.04. The molecule has 7 heteroatoms. The van der Waals surface area contributed by atoms with E-state index in [0.717, 1.165) is 12.8 Å². The highest BCUT2D eigenvalue weighted by molar-refractivity contribution is 5.92. The van der Waals surface area contributed by atoms with Crippen LogP contribution in [0.5, 0.6) is 5.75 Å². The zero-order valence-electron chi connectivity index (χ0n) is 32.7. The van der Waals surface area contributed by atoms with E-state index in [2.05, 4.69) is 13.8 Å². The van der Waals surface area contributed by atoms with Gasteiger partial charge in [-0.25, -0.2) is 4.79 Å². The molecule has 0 radical (unpaired) electrons. The van der Waals surface area contributed by atoms with Crippen molar-refractivity contribution < 1.29 is 33.7 Å². The molecule has 0 amide bonds. The van der Waals surface area contributed by atoms with Crippen molar-refractivity contribution in [3.05, 3.63) is 29.8 Å². The monoisotopic (exact) mass is 693 g/mol. The average Bonchev–Trinajstić information content (AvgIpc) is 3.07. The first-order valence-electron chi connectivity index (χ1n) is 20.0. The predicted octanol–water partition coefficient (Wildman–Crippen LogP) is 12.5. The molecule has 0 aliphatic heterocycles. The van der Waals surface area contributed by atoms with Gasteiger partial charge in [0, 0.05) is 12.8 Å². The van der Waals surface area contributed by atoms with E-state index in [-0.39, 0.29) is 29.4 Å². The second-order valence-electron chi connectivity index (χ2n) is 13.2. The van der Waals surface area contributed by atoms with Crippen molar-refractivity contribution in [2.75, 3.05) is 13.2 Å². The maximum atomic E-state index is 11.3. The molecule has 286 valence electrons. The summed E-state index contributed by atoms with van der Waals surface area (Å²) in [5, 5.41) is 9.21. The minimum Gasteiger partial charge on any atom is -0.507 e. The first-order valence-corrected chi connectivity index (χ1v) is 20.0. The van der Waals surface area contributed by atoms with Crippen molar-refractivity contribution in [3.8, 4) is 5.75 Å². The van der Waals surface area contributed by atoms with Crippen LogP contribution in [-0.4, -0.2) is 42.3 Å². The second-order valence-corrected chi connectivity index (χ2v) is 13.2. The topological polar surface area (TPSA) is 99.1 Å². The van der Waals surface area contributed by atoms with Crippen LogP contribution in [0.3, 0.4) is 0 Å². The molecule has 49 heavy (non-hydrogen) atoms. The highest BCUT2D eigenvalue weighted by Crippen LogP contribution is 2.16. The van der Waals surface area contributed by atoms with Gasteiger partial charge in [-0.3, -0.25) is 9.59 Å². The normalized spacial score (nSPS) is 10.4. The molecule has 0 fully saturated rings. The van der Waals surface area contributed by atoms with Crippen molar-refractivity contribution in [2.24, 2.45) is 0 Å². The molecule has 1 aromatic rings. The summed E-state index contributed by atoms with van der Waals surface area (Å²) in [5.41, 5.74) is 0.208. The fraction of sp³-hybridized carbons (Fsp3) is 0.786. The number of benzene rings is 1. The summed E-state index contributed by atoms with van der Waals surface area (Å²) in [6, 6.07) is 6.30. The number of phenolic OH excluding ortho intramolecular Hbond substituents is 1. The van der Waals surface area contributed by atoms with E-state index in [0.29, 0.717) is 26.1 Å². The molecule has 1 N–H and O–H groups in total. The summed E-state index contributed by atoms with van der Waals surface area (Å²) in [6.07, 6.45) is 30.2. The van der Waals surface area contributed by atoms with E-state index >= 15 is 0 Å². The molecule has 1 rings (SSSR count). The lowest BCUT2D eigenvalue weighted by atomic mass is 10.0. The zero-order valence-corrected chi connectivity index (χ0v) is 32.7. The van der Waals surface area contributed by atoms with Gasteiger partial charge in [0.05, 0.1) is 19.3 Å². The fourth-order valence-electron chi connectivity index (χ4n) is 5.28. The van der Waals surface area contributed by atoms with Gasteiger partial charge < -0.3 is 19.3 Å². The van der Waals surface area contributed by atoms with Crippen LogP contribution in [-0.2, 0) is 23.8 Å². The van der Waals surface area contributed by atoms with Crippen molar-refractivity contribution >= 4 is 17.9 Å². The third kappa shape index (κ3) is 36.5. The summed E-state index contributed by atoms with van der Waals surface area (Å²) in [7, 11) is 0. The van der Waals surface area contributed by atoms with E-state index in [1.54, 1.807) is 19.1 Å². The molecule has 0 aromatic heterocycles. The van der Waals surface area contributed by atoms with Gasteiger partial charge in [0.25, 0.3) is 0 Å². The van der Waals surface area contributed by atoms with Gasteiger partial charge >= 0.3 is 17.9 Å². The quantitative estimate of drug-likeness (QED) is 0.0530. The second kappa shape index (κ2) is 38.2. The Labute approximate surface area is 301 Å². The lowest BCUT2D eigenvalue weighted by Crippen LogP contribution is -2.10. The van der Waals surface area contributed by atoms with Crippen LogP contribution in [0.1, 0.15) is 206 Å². The molecular formula is C42H76O7. The molecule has 0 spiro atoms. The van der Waals surface area contributed by atoms with Gasteiger partial charge in [-0.05, 0) is 52.7 Å². The Morgan fingerprint density at radius 3 is 1.27 bits per heavy atom. The van der Waals surface area contributed by atoms with E-state index in [1.165, 1.54) is 141 Å². The Bertz CT molecular complexity index is 884. The molecule has 1 aromatic carbocycles. The van der Waals surface area contributed by atoms with Crippen molar-refractivity contribution in [2.45, 2.75) is 202 Å². The largest absolute Gasteiger partial charge is 0.507 e. The predicted molar refractivity (Wildman–Crippen MR) is 204 cm³/mol.